The second kappa shape index (κ2) is 7.01. The lowest BCUT2D eigenvalue weighted by atomic mass is 9.81. The molecule has 0 aliphatic heterocycles. The zero-order chi connectivity index (χ0) is 13.7. The van der Waals surface area contributed by atoms with Crippen LogP contribution in [0.2, 0.25) is 0 Å². The number of hydrogen-bond donors (Lipinski definition) is 1. The van der Waals surface area contributed by atoms with E-state index in [1.54, 1.807) is 12.1 Å². The Balaban J connectivity index is 2.15. The fraction of sp³-hybridized carbons (Fsp3) is 0.625. The largest absolute Gasteiger partial charge is 0.297 e. The molecule has 1 unspecified atom stereocenters. The first-order valence-corrected chi connectivity index (χ1v) is 7.31. The summed E-state index contributed by atoms with van der Waals surface area (Å²) in [6.45, 7) is 0.787. The third-order valence-corrected chi connectivity index (χ3v) is 3.99. The molecule has 0 aromatic heterocycles. The average molecular weight is 264 g/mol. The van der Waals surface area contributed by atoms with Crippen molar-refractivity contribution in [3.63, 3.8) is 0 Å². The monoisotopic (exact) mass is 264 g/mol. The first-order chi connectivity index (χ1) is 9.18. The zero-order valence-electron chi connectivity index (χ0n) is 12.0. The van der Waals surface area contributed by atoms with Crippen LogP contribution in [0.25, 0.3) is 0 Å². The molecule has 0 spiro atoms. The summed E-state index contributed by atoms with van der Waals surface area (Å²) >= 11 is 0. The Kier molecular flexibility index (Phi) is 5.34. The van der Waals surface area contributed by atoms with Gasteiger partial charge < -0.3 is 0 Å². The van der Waals surface area contributed by atoms with E-state index in [0.717, 1.165) is 12.2 Å². The summed E-state index contributed by atoms with van der Waals surface area (Å²) in [7, 11) is 4.07. The minimum Gasteiger partial charge on any atom is -0.297 e. The highest BCUT2D eigenvalue weighted by molar-refractivity contribution is 5.22. The predicted molar refractivity (Wildman–Crippen MR) is 77.4 cm³/mol. The van der Waals surface area contributed by atoms with Crippen molar-refractivity contribution < 1.29 is 4.39 Å². The molecule has 0 bridgehead atoms. The molecule has 1 fully saturated rings. The maximum Gasteiger partial charge on any atom is 0.127 e. The Labute approximate surface area is 116 Å². The number of benzene rings is 1. The normalized spacial score (nSPS) is 18.7. The quantitative estimate of drug-likeness (QED) is 0.818. The number of halogens is 1. The van der Waals surface area contributed by atoms with Crippen molar-refractivity contribution in [2.75, 3.05) is 20.8 Å². The Hall–Kier alpha value is -0.930. The molecule has 2 nitrogen and oxygen atoms in total. The highest BCUT2D eigenvalue weighted by Crippen LogP contribution is 2.35. The van der Waals surface area contributed by atoms with Crippen molar-refractivity contribution in [3.8, 4) is 0 Å². The van der Waals surface area contributed by atoms with Gasteiger partial charge in [0.05, 0.1) is 0 Å². The molecule has 1 aliphatic carbocycles. The fourth-order valence-corrected chi connectivity index (χ4v) is 3.01. The van der Waals surface area contributed by atoms with Crippen molar-refractivity contribution in [3.05, 3.63) is 35.6 Å². The van der Waals surface area contributed by atoms with Crippen molar-refractivity contribution in [1.29, 1.82) is 0 Å². The molecule has 106 valence electrons. The van der Waals surface area contributed by atoms with Crippen LogP contribution < -0.4 is 5.32 Å². The standard InChI is InChI=1S/C16H25FN2/c1-19(2)12-18-16(13-8-4-3-5-9-13)14-10-6-7-11-15(14)17/h6-7,10-11,13,16,18H,3-5,8-9,12H2,1-2H3. The van der Waals surface area contributed by atoms with Crippen LogP contribution in [-0.2, 0) is 0 Å². The maximum absolute atomic E-state index is 14.1. The molecular weight excluding hydrogens is 239 g/mol. The molecule has 0 amide bonds. The maximum atomic E-state index is 14.1. The van der Waals surface area contributed by atoms with E-state index in [2.05, 4.69) is 10.2 Å². The summed E-state index contributed by atoms with van der Waals surface area (Å²) in [5.74, 6) is 0.481. The molecule has 0 radical (unpaired) electrons. The Morgan fingerprint density at radius 3 is 2.53 bits per heavy atom. The van der Waals surface area contributed by atoms with Crippen molar-refractivity contribution in [1.82, 2.24) is 10.2 Å². The second-order valence-electron chi connectivity index (χ2n) is 5.84. The van der Waals surface area contributed by atoms with Crippen LogP contribution in [0.15, 0.2) is 24.3 Å². The lowest BCUT2D eigenvalue weighted by molar-refractivity contribution is 0.236. The molecule has 1 saturated carbocycles. The lowest BCUT2D eigenvalue weighted by Crippen LogP contribution is -2.36. The molecule has 1 aromatic carbocycles. The van der Waals surface area contributed by atoms with E-state index in [-0.39, 0.29) is 11.9 Å². The van der Waals surface area contributed by atoms with Crippen molar-refractivity contribution in [2.45, 2.75) is 38.1 Å². The highest BCUT2D eigenvalue weighted by Gasteiger charge is 2.26. The van der Waals surface area contributed by atoms with Gasteiger partial charge in [-0.25, -0.2) is 4.39 Å². The Morgan fingerprint density at radius 1 is 1.21 bits per heavy atom. The molecule has 1 N–H and O–H groups in total. The van der Waals surface area contributed by atoms with Crippen LogP contribution in [-0.4, -0.2) is 25.7 Å². The van der Waals surface area contributed by atoms with E-state index in [1.165, 1.54) is 32.1 Å². The molecule has 0 saturated heterocycles. The van der Waals surface area contributed by atoms with Gasteiger partial charge in [-0.15, -0.1) is 0 Å². The Bertz CT molecular complexity index is 386. The third kappa shape index (κ3) is 4.02. The average Bonchev–Trinajstić information content (AvgIpc) is 2.42. The van der Waals surface area contributed by atoms with Gasteiger partial charge in [-0.1, -0.05) is 37.5 Å². The molecule has 3 heteroatoms. The molecular formula is C16H25FN2. The summed E-state index contributed by atoms with van der Waals surface area (Å²) in [5.41, 5.74) is 0.830. The van der Waals surface area contributed by atoms with E-state index >= 15 is 0 Å². The lowest BCUT2D eigenvalue weighted by Gasteiger charge is -2.32. The smallest absolute Gasteiger partial charge is 0.127 e. The predicted octanol–water partition coefficient (Wildman–Crippen LogP) is 3.56. The number of rotatable bonds is 5. The van der Waals surface area contributed by atoms with E-state index < -0.39 is 0 Å². The first-order valence-electron chi connectivity index (χ1n) is 7.31. The van der Waals surface area contributed by atoms with Gasteiger partial charge in [0.1, 0.15) is 5.82 Å². The van der Waals surface area contributed by atoms with Gasteiger partial charge in [-0.3, -0.25) is 10.2 Å². The van der Waals surface area contributed by atoms with Crippen LogP contribution in [0.3, 0.4) is 0 Å². The van der Waals surface area contributed by atoms with E-state index in [0.29, 0.717) is 5.92 Å². The highest BCUT2D eigenvalue weighted by atomic mass is 19.1. The SMILES string of the molecule is CN(C)CNC(c1ccccc1F)C1CCCCC1. The third-order valence-electron chi connectivity index (χ3n) is 3.99. The molecule has 1 aromatic rings. The molecule has 0 heterocycles. The minimum atomic E-state index is -0.0793. The van der Waals surface area contributed by atoms with Crippen LogP contribution in [0, 0.1) is 11.7 Å². The van der Waals surface area contributed by atoms with Crippen LogP contribution >= 0.6 is 0 Å². The molecule has 1 aliphatic rings. The summed E-state index contributed by atoms with van der Waals surface area (Å²) < 4.78 is 14.1. The summed E-state index contributed by atoms with van der Waals surface area (Å²) in [6, 6.07) is 7.34. The second-order valence-corrected chi connectivity index (χ2v) is 5.84. The van der Waals surface area contributed by atoms with Crippen molar-refractivity contribution >= 4 is 0 Å². The Morgan fingerprint density at radius 2 is 1.89 bits per heavy atom. The molecule has 1 atom stereocenters. The first kappa shape index (κ1) is 14.5. The number of nitrogens with one attached hydrogen (secondary N) is 1. The van der Waals surface area contributed by atoms with Gasteiger partial charge in [0, 0.05) is 18.3 Å². The van der Waals surface area contributed by atoms with Gasteiger partial charge in [-0.2, -0.15) is 0 Å². The number of hydrogen-bond acceptors (Lipinski definition) is 2. The van der Waals surface area contributed by atoms with Gasteiger partial charge in [0.25, 0.3) is 0 Å². The van der Waals surface area contributed by atoms with E-state index in [1.807, 2.05) is 26.2 Å². The fourth-order valence-electron chi connectivity index (χ4n) is 3.01. The van der Waals surface area contributed by atoms with Crippen LogP contribution in [0.1, 0.15) is 43.7 Å². The molecule has 2 rings (SSSR count). The van der Waals surface area contributed by atoms with E-state index in [4.69, 9.17) is 0 Å². The van der Waals surface area contributed by atoms with Gasteiger partial charge in [0.2, 0.25) is 0 Å². The summed E-state index contributed by atoms with van der Waals surface area (Å²) in [6.07, 6.45) is 6.30. The van der Waals surface area contributed by atoms with E-state index in [9.17, 15) is 4.39 Å². The van der Waals surface area contributed by atoms with Gasteiger partial charge in [0.15, 0.2) is 0 Å². The molecule has 19 heavy (non-hydrogen) atoms. The van der Waals surface area contributed by atoms with Crippen LogP contribution in [0.4, 0.5) is 4.39 Å². The van der Waals surface area contributed by atoms with Gasteiger partial charge >= 0.3 is 0 Å². The number of nitrogens with zero attached hydrogens (tertiary/aromatic N) is 1. The summed E-state index contributed by atoms with van der Waals surface area (Å²) in [4.78, 5) is 2.09. The summed E-state index contributed by atoms with van der Waals surface area (Å²) in [5, 5.41) is 3.53. The minimum absolute atomic E-state index is 0.0793. The zero-order valence-corrected chi connectivity index (χ0v) is 12.0. The van der Waals surface area contributed by atoms with Crippen molar-refractivity contribution in [2.24, 2.45) is 5.92 Å². The van der Waals surface area contributed by atoms with Crippen LogP contribution in [0.5, 0.6) is 0 Å². The van der Waals surface area contributed by atoms with Gasteiger partial charge in [-0.05, 0) is 38.9 Å². The topological polar surface area (TPSA) is 15.3 Å².